The van der Waals surface area contributed by atoms with E-state index in [4.69, 9.17) is 15.2 Å². The Labute approximate surface area is 199 Å². The van der Waals surface area contributed by atoms with Gasteiger partial charge in [-0.05, 0) is 56.5 Å². The minimum Gasteiger partial charge on any atom is -0.493 e. The van der Waals surface area contributed by atoms with E-state index >= 15 is 0 Å². The van der Waals surface area contributed by atoms with Crippen LogP contribution < -0.4 is 20.5 Å². The summed E-state index contributed by atoms with van der Waals surface area (Å²) in [7, 11) is 1.46. The van der Waals surface area contributed by atoms with E-state index in [0.717, 1.165) is 12.1 Å². The number of carboxylic acid groups (broad SMARTS) is 1. The molecule has 0 spiro atoms. The molecule has 0 saturated heterocycles. The molecule has 4 N–H and O–H groups in total. The van der Waals surface area contributed by atoms with E-state index in [1.54, 1.807) is 26.0 Å². The van der Waals surface area contributed by atoms with Crippen molar-refractivity contribution in [3.63, 3.8) is 0 Å². The maximum Gasteiger partial charge on any atom is 0.416 e. The zero-order valence-electron chi connectivity index (χ0n) is 19.4. The lowest BCUT2D eigenvalue weighted by atomic mass is 10.0. The number of halogens is 3. The Morgan fingerprint density at radius 3 is 2.51 bits per heavy atom. The molecule has 0 radical (unpaired) electrons. The molecule has 2 aromatic carbocycles. The first kappa shape index (κ1) is 24.4. The molecule has 35 heavy (non-hydrogen) atoms. The van der Waals surface area contributed by atoms with Gasteiger partial charge in [0.15, 0.2) is 11.5 Å². The topological polar surface area (TPSA) is 120 Å². The van der Waals surface area contributed by atoms with E-state index in [-0.39, 0.29) is 12.3 Å². The Kier molecular flexibility index (Phi) is 6.12. The third-order valence-electron chi connectivity index (χ3n) is 6.06. The normalized spacial score (nSPS) is 15.5. The molecule has 4 rings (SSSR count). The quantitative estimate of drug-likeness (QED) is 0.379. The van der Waals surface area contributed by atoms with Gasteiger partial charge >= 0.3 is 12.1 Å². The smallest absolute Gasteiger partial charge is 0.416 e. The number of benzene rings is 2. The van der Waals surface area contributed by atoms with Gasteiger partial charge in [0.05, 0.1) is 24.2 Å². The lowest BCUT2D eigenvalue weighted by Crippen LogP contribution is -2.23. The summed E-state index contributed by atoms with van der Waals surface area (Å²) in [6.45, 7) is 3.38. The fraction of sp³-hybridized carbons (Fsp3) is 0.375. The molecule has 1 aliphatic carbocycles. The summed E-state index contributed by atoms with van der Waals surface area (Å²) in [5.41, 5.74) is 4.85. The second-order valence-corrected chi connectivity index (χ2v) is 8.77. The molecule has 1 atom stereocenters. The van der Waals surface area contributed by atoms with E-state index in [9.17, 15) is 23.1 Å². The zero-order chi connectivity index (χ0) is 25.5. The summed E-state index contributed by atoms with van der Waals surface area (Å²) < 4.78 is 51.1. The number of fused-ring (bicyclic) bond motifs is 1. The SMILES string of the molecule is COc1cc2nc(C)nc(N[C@H](C)c3cc(N)cc(C(F)(F)F)c3)c2cc1OCC1(C(=O)O)CC1. The number of nitrogens with zero attached hydrogens (tertiary/aromatic N) is 2. The highest BCUT2D eigenvalue weighted by Crippen LogP contribution is 2.47. The molecular weight excluding hydrogens is 465 g/mol. The summed E-state index contributed by atoms with van der Waals surface area (Å²) in [5.74, 6) is 0.602. The summed E-state index contributed by atoms with van der Waals surface area (Å²) in [6.07, 6.45) is -3.46. The van der Waals surface area contributed by atoms with Crippen LogP contribution in [0.25, 0.3) is 10.9 Å². The van der Waals surface area contributed by atoms with Crippen molar-refractivity contribution in [2.75, 3.05) is 24.8 Å². The molecule has 8 nitrogen and oxygen atoms in total. The van der Waals surface area contributed by atoms with Crippen molar-refractivity contribution in [3.05, 3.63) is 47.3 Å². The van der Waals surface area contributed by atoms with Crippen molar-refractivity contribution in [2.45, 2.75) is 38.9 Å². The van der Waals surface area contributed by atoms with Crippen LogP contribution in [0.1, 0.15) is 42.8 Å². The van der Waals surface area contributed by atoms with Crippen LogP contribution in [0.15, 0.2) is 30.3 Å². The standard InChI is InChI=1S/C24H25F3N4O4/c1-12(14-6-15(24(25,26)27)8-16(28)7-14)29-21-17-9-20(35-11-23(4-5-23)22(32)33)19(34-3)10-18(17)30-13(2)31-21/h6-10,12H,4-5,11,28H2,1-3H3,(H,32,33)(H,29,30,31)/t12-/m1/s1. The molecule has 1 saturated carbocycles. The maximum atomic E-state index is 13.3. The van der Waals surface area contributed by atoms with Crippen LogP contribution in [0, 0.1) is 12.3 Å². The average molecular weight is 490 g/mol. The van der Waals surface area contributed by atoms with Crippen molar-refractivity contribution >= 4 is 28.4 Å². The summed E-state index contributed by atoms with van der Waals surface area (Å²) >= 11 is 0. The molecule has 0 bridgehead atoms. The molecule has 3 aromatic rings. The van der Waals surface area contributed by atoms with Crippen molar-refractivity contribution in [3.8, 4) is 11.5 Å². The maximum absolute atomic E-state index is 13.3. The number of nitrogens with one attached hydrogen (secondary N) is 1. The molecule has 11 heteroatoms. The predicted octanol–water partition coefficient (Wildman–Crippen LogP) is 4.96. The van der Waals surface area contributed by atoms with E-state index in [0.29, 0.717) is 52.4 Å². The number of alkyl halides is 3. The van der Waals surface area contributed by atoms with Crippen LogP contribution in [-0.4, -0.2) is 34.8 Å². The van der Waals surface area contributed by atoms with E-state index in [2.05, 4.69) is 15.3 Å². The number of nitrogen functional groups attached to an aromatic ring is 1. The number of rotatable bonds is 8. The number of nitrogens with two attached hydrogens (primary N) is 1. The Morgan fingerprint density at radius 1 is 1.20 bits per heavy atom. The van der Waals surface area contributed by atoms with Crippen LogP contribution >= 0.6 is 0 Å². The number of carboxylic acids is 1. The van der Waals surface area contributed by atoms with E-state index in [1.807, 2.05) is 0 Å². The first-order chi connectivity index (χ1) is 16.4. The summed E-state index contributed by atoms with van der Waals surface area (Å²) in [6, 6.07) is 6.12. The van der Waals surface area contributed by atoms with Gasteiger partial charge in [-0.3, -0.25) is 4.79 Å². The number of aromatic nitrogens is 2. The fourth-order valence-electron chi connectivity index (χ4n) is 3.80. The Balaban J connectivity index is 1.69. The number of hydrogen-bond donors (Lipinski definition) is 3. The molecule has 0 amide bonds. The van der Waals surface area contributed by atoms with Gasteiger partial charge in [-0.25, -0.2) is 9.97 Å². The molecule has 1 fully saturated rings. The van der Waals surface area contributed by atoms with Crippen LogP contribution in [-0.2, 0) is 11.0 Å². The lowest BCUT2D eigenvalue weighted by molar-refractivity contribution is -0.144. The number of anilines is 2. The lowest BCUT2D eigenvalue weighted by Gasteiger charge is -2.20. The molecule has 1 aliphatic rings. The van der Waals surface area contributed by atoms with E-state index in [1.165, 1.54) is 13.2 Å². The van der Waals surface area contributed by atoms with Gasteiger partial charge in [0.1, 0.15) is 23.7 Å². The Bertz CT molecular complexity index is 1290. The minimum absolute atomic E-state index is 0.0000550. The van der Waals surface area contributed by atoms with Gasteiger partial charge in [-0.15, -0.1) is 0 Å². The van der Waals surface area contributed by atoms with Gasteiger partial charge in [0.25, 0.3) is 0 Å². The number of carbonyl (C=O) groups is 1. The minimum atomic E-state index is -4.53. The number of hydrogen-bond acceptors (Lipinski definition) is 7. The first-order valence-electron chi connectivity index (χ1n) is 10.9. The highest BCUT2D eigenvalue weighted by atomic mass is 19.4. The van der Waals surface area contributed by atoms with Crippen LogP contribution in [0.2, 0.25) is 0 Å². The van der Waals surface area contributed by atoms with Gasteiger partial charge in [0, 0.05) is 17.1 Å². The van der Waals surface area contributed by atoms with Crippen LogP contribution in [0.4, 0.5) is 24.7 Å². The van der Waals surface area contributed by atoms with Gasteiger partial charge in [-0.2, -0.15) is 13.2 Å². The predicted molar refractivity (Wildman–Crippen MR) is 124 cm³/mol. The van der Waals surface area contributed by atoms with Gasteiger partial charge in [-0.1, -0.05) is 0 Å². The summed E-state index contributed by atoms with van der Waals surface area (Å²) in [5, 5.41) is 13.1. The van der Waals surface area contributed by atoms with Gasteiger partial charge in [0.2, 0.25) is 0 Å². The van der Waals surface area contributed by atoms with Crippen LogP contribution in [0.3, 0.4) is 0 Å². The Hall–Kier alpha value is -3.76. The average Bonchev–Trinajstić information content (AvgIpc) is 3.57. The molecule has 186 valence electrons. The number of ether oxygens (including phenoxy) is 2. The monoisotopic (exact) mass is 490 g/mol. The fourth-order valence-corrected chi connectivity index (χ4v) is 3.80. The van der Waals surface area contributed by atoms with Crippen LogP contribution in [0.5, 0.6) is 11.5 Å². The molecule has 1 aromatic heterocycles. The number of aryl methyl sites for hydroxylation is 1. The molecule has 0 unspecified atom stereocenters. The molecule has 1 heterocycles. The van der Waals surface area contributed by atoms with Gasteiger partial charge < -0.3 is 25.6 Å². The second kappa shape index (κ2) is 8.79. The highest BCUT2D eigenvalue weighted by molar-refractivity contribution is 5.92. The molecule has 0 aliphatic heterocycles. The van der Waals surface area contributed by atoms with Crippen molar-refractivity contribution in [2.24, 2.45) is 5.41 Å². The summed E-state index contributed by atoms with van der Waals surface area (Å²) in [4.78, 5) is 20.4. The molecular formula is C24H25F3N4O4. The number of aliphatic carboxylic acids is 1. The largest absolute Gasteiger partial charge is 0.493 e. The van der Waals surface area contributed by atoms with Crippen molar-refractivity contribution < 1.29 is 32.5 Å². The number of methoxy groups -OCH3 is 1. The van der Waals surface area contributed by atoms with Crippen molar-refractivity contribution in [1.29, 1.82) is 0 Å². The first-order valence-corrected chi connectivity index (χ1v) is 10.9. The second-order valence-electron chi connectivity index (χ2n) is 8.77. The highest BCUT2D eigenvalue weighted by Gasteiger charge is 2.51. The zero-order valence-corrected chi connectivity index (χ0v) is 19.4. The third kappa shape index (κ3) is 5.03. The third-order valence-corrected chi connectivity index (χ3v) is 6.06. The van der Waals surface area contributed by atoms with E-state index < -0.39 is 29.2 Å². The van der Waals surface area contributed by atoms with Crippen molar-refractivity contribution in [1.82, 2.24) is 9.97 Å². The Morgan fingerprint density at radius 2 is 1.91 bits per heavy atom.